The van der Waals surface area contributed by atoms with Crippen LogP contribution in [0.3, 0.4) is 0 Å². The SMILES string of the molecule is O=C(O)C(C(=O)O)=C(C=Cc1ccccc1)S(=O)(=O)Cl. The molecule has 0 aliphatic heterocycles. The number of halogens is 1. The number of hydrogen-bond acceptors (Lipinski definition) is 4. The van der Waals surface area contributed by atoms with E-state index in [1.165, 1.54) is 6.08 Å². The molecule has 0 amide bonds. The smallest absolute Gasteiger partial charge is 0.344 e. The molecule has 0 spiro atoms. The number of rotatable bonds is 5. The van der Waals surface area contributed by atoms with E-state index in [1.807, 2.05) is 0 Å². The molecule has 0 aliphatic rings. The Morgan fingerprint density at radius 3 is 1.95 bits per heavy atom. The summed E-state index contributed by atoms with van der Waals surface area (Å²) >= 11 is 0. The highest BCUT2D eigenvalue weighted by Crippen LogP contribution is 2.20. The fourth-order valence-electron chi connectivity index (χ4n) is 1.32. The third kappa shape index (κ3) is 4.22. The van der Waals surface area contributed by atoms with Crippen LogP contribution in [0.1, 0.15) is 5.56 Å². The minimum Gasteiger partial charge on any atom is -0.477 e. The molecule has 106 valence electrons. The van der Waals surface area contributed by atoms with E-state index < -0.39 is 31.5 Å². The number of aliphatic carboxylic acids is 2. The monoisotopic (exact) mass is 316 g/mol. The van der Waals surface area contributed by atoms with Crippen molar-refractivity contribution >= 4 is 37.7 Å². The average Bonchev–Trinajstić information content (AvgIpc) is 2.33. The van der Waals surface area contributed by atoms with Gasteiger partial charge in [-0.15, -0.1) is 0 Å². The summed E-state index contributed by atoms with van der Waals surface area (Å²) in [5.74, 6) is -3.79. The first kappa shape index (κ1) is 15.9. The molecule has 0 atom stereocenters. The molecule has 0 fully saturated rings. The minimum absolute atomic E-state index is 0.556. The summed E-state index contributed by atoms with van der Waals surface area (Å²) < 4.78 is 22.7. The maximum atomic E-state index is 11.3. The third-order valence-corrected chi connectivity index (χ3v) is 3.53. The second-order valence-electron chi connectivity index (χ2n) is 3.53. The van der Waals surface area contributed by atoms with E-state index in [0.29, 0.717) is 5.56 Å². The van der Waals surface area contributed by atoms with Gasteiger partial charge in [0, 0.05) is 10.7 Å². The Labute approximate surface area is 119 Å². The van der Waals surface area contributed by atoms with Crippen molar-refractivity contribution in [3.8, 4) is 0 Å². The van der Waals surface area contributed by atoms with Crippen LogP contribution in [-0.2, 0) is 18.6 Å². The maximum absolute atomic E-state index is 11.3. The normalized spacial score (nSPS) is 11.2. The highest BCUT2D eigenvalue weighted by molar-refractivity contribution is 8.17. The van der Waals surface area contributed by atoms with E-state index in [0.717, 1.165) is 6.08 Å². The molecule has 0 heterocycles. The van der Waals surface area contributed by atoms with Gasteiger partial charge in [0.05, 0.1) is 0 Å². The maximum Gasteiger partial charge on any atom is 0.344 e. The Kier molecular flexibility index (Phi) is 5.06. The van der Waals surface area contributed by atoms with E-state index in [2.05, 4.69) is 0 Å². The van der Waals surface area contributed by atoms with Crippen molar-refractivity contribution < 1.29 is 28.2 Å². The Hall–Kier alpha value is -2.12. The van der Waals surface area contributed by atoms with Crippen molar-refractivity contribution in [2.24, 2.45) is 0 Å². The molecule has 1 aromatic carbocycles. The first-order valence-corrected chi connectivity index (χ1v) is 7.43. The summed E-state index contributed by atoms with van der Waals surface area (Å²) in [6, 6.07) is 8.32. The van der Waals surface area contributed by atoms with Gasteiger partial charge in [0.15, 0.2) is 5.57 Å². The summed E-state index contributed by atoms with van der Waals surface area (Å²) in [5, 5.41) is 17.6. The fraction of sp³-hybridized carbons (Fsp3) is 0. The molecule has 0 unspecified atom stereocenters. The van der Waals surface area contributed by atoms with Gasteiger partial charge in [0.25, 0.3) is 9.05 Å². The zero-order valence-electron chi connectivity index (χ0n) is 9.86. The summed E-state index contributed by atoms with van der Waals surface area (Å²) in [7, 11) is 0.564. The summed E-state index contributed by atoms with van der Waals surface area (Å²) in [4.78, 5) is 20.7. The number of allylic oxidation sites excluding steroid dienone is 1. The van der Waals surface area contributed by atoms with Gasteiger partial charge in [0.1, 0.15) is 4.91 Å². The van der Waals surface area contributed by atoms with Crippen molar-refractivity contribution in [2.45, 2.75) is 0 Å². The highest BCUT2D eigenvalue weighted by Gasteiger charge is 2.27. The molecule has 0 saturated carbocycles. The molecule has 0 aromatic heterocycles. The number of carboxylic acid groups (broad SMARTS) is 2. The Bertz CT molecular complexity index is 672. The lowest BCUT2D eigenvalue weighted by molar-refractivity contribution is -0.140. The van der Waals surface area contributed by atoms with Crippen LogP contribution < -0.4 is 0 Å². The molecule has 20 heavy (non-hydrogen) atoms. The Morgan fingerprint density at radius 2 is 1.55 bits per heavy atom. The van der Waals surface area contributed by atoms with Crippen molar-refractivity contribution in [3.63, 3.8) is 0 Å². The zero-order chi connectivity index (χ0) is 15.3. The molecule has 6 nitrogen and oxygen atoms in total. The van der Waals surface area contributed by atoms with E-state index in [4.69, 9.17) is 20.9 Å². The molecular weight excluding hydrogens is 308 g/mol. The van der Waals surface area contributed by atoms with Crippen LogP contribution in [0.25, 0.3) is 6.08 Å². The molecule has 1 rings (SSSR count). The first-order valence-electron chi connectivity index (χ1n) is 5.12. The zero-order valence-corrected chi connectivity index (χ0v) is 11.4. The summed E-state index contributed by atoms with van der Waals surface area (Å²) in [6.07, 6.45) is 2.09. The van der Waals surface area contributed by atoms with Crippen LogP contribution in [-0.4, -0.2) is 30.6 Å². The van der Waals surface area contributed by atoms with Crippen LogP contribution in [0.2, 0.25) is 0 Å². The third-order valence-electron chi connectivity index (χ3n) is 2.16. The lowest BCUT2D eigenvalue weighted by Gasteiger charge is -2.02. The van der Waals surface area contributed by atoms with Gasteiger partial charge in [-0.25, -0.2) is 18.0 Å². The molecule has 2 N–H and O–H groups in total. The molecule has 0 radical (unpaired) electrons. The van der Waals surface area contributed by atoms with E-state index in [-0.39, 0.29) is 0 Å². The van der Waals surface area contributed by atoms with E-state index >= 15 is 0 Å². The van der Waals surface area contributed by atoms with Crippen molar-refractivity contribution in [1.29, 1.82) is 0 Å². The topological polar surface area (TPSA) is 109 Å². The molecular formula is C12H9ClO6S. The number of carbonyl (C=O) groups is 2. The largest absolute Gasteiger partial charge is 0.477 e. The van der Waals surface area contributed by atoms with Crippen molar-refractivity contribution in [3.05, 3.63) is 52.4 Å². The quantitative estimate of drug-likeness (QED) is 0.281. The molecule has 1 aromatic rings. The molecule has 8 heteroatoms. The predicted molar refractivity (Wildman–Crippen MR) is 72.5 cm³/mol. The lowest BCUT2D eigenvalue weighted by Crippen LogP contribution is -2.16. The molecule has 0 saturated heterocycles. The second kappa shape index (κ2) is 6.36. The average molecular weight is 317 g/mol. The van der Waals surface area contributed by atoms with Crippen LogP contribution in [0.5, 0.6) is 0 Å². The fourth-order valence-corrected chi connectivity index (χ4v) is 2.36. The Morgan fingerprint density at radius 1 is 1.05 bits per heavy atom. The van der Waals surface area contributed by atoms with Gasteiger partial charge in [0.2, 0.25) is 0 Å². The van der Waals surface area contributed by atoms with E-state index in [9.17, 15) is 18.0 Å². The minimum atomic E-state index is -4.52. The van der Waals surface area contributed by atoms with Gasteiger partial charge in [-0.1, -0.05) is 36.4 Å². The number of hydrogen-bond donors (Lipinski definition) is 2. The van der Waals surface area contributed by atoms with Crippen LogP contribution in [0.4, 0.5) is 0 Å². The van der Waals surface area contributed by atoms with Crippen LogP contribution in [0.15, 0.2) is 46.9 Å². The predicted octanol–water partition coefficient (Wildman–Crippen LogP) is 1.69. The summed E-state index contributed by atoms with van der Waals surface area (Å²) in [6.45, 7) is 0. The van der Waals surface area contributed by atoms with Gasteiger partial charge < -0.3 is 10.2 Å². The second-order valence-corrected chi connectivity index (χ2v) is 6.07. The molecule has 0 bridgehead atoms. The van der Waals surface area contributed by atoms with Crippen molar-refractivity contribution in [1.82, 2.24) is 0 Å². The highest BCUT2D eigenvalue weighted by atomic mass is 35.7. The van der Waals surface area contributed by atoms with Gasteiger partial charge in [-0.2, -0.15) is 0 Å². The lowest BCUT2D eigenvalue weighted by atomic mass is 10.2. The van der Waals surface area contributed by atoms with Gasteiger partial charge in [-0.3, -0.25) is 0 Å². The first-order chi connectivity index (χ1) is 9.23. The van der Waals surface area contributed by atoms with Crippen LogP contribution >= 0.6 is 10.7 Å². The van der Waals surface area contributed by atoms with Gasteiger partial charge in [-0.05, 0) is 11.6 Å². The Balaban J connectivity index is 3.43. The number of carboxylic acids is 2. The van der Waals surface area contributed by atoms with E-state index in [1.54, 1.807) is 30.3 Å². The van der Waals surface area contributed by atoms with Crippen LogP contribution in [0, 0.1) is 0 Å². The molecule has 0 aliphatic carbocycles. The standard InChI is InChI=1S/C12H9ClO6S/c13-20(18,19)9(10(11(14)15)12(16)17)7-6-8-4-2-1-3-5-8/h1-7H,(H,14,15)(H,16,17). The van der Waals surface area contributed by atoms with Crippen molar-refractivity contribution in [2.75, 3.05) is 0 Å². The van der Waals surface area contributed by atoms with Gasteiger partial charge >= 0.3 is 11.9 Å². The number of benzene rings is 1. The summed E-state index contributed by atoms with van der Waals surface area (Å²) in [5.41, 5.74) is -0.757.